The van der Waals surface area contributed by atoms with Gasteiger partial charge in [0.2, 0.25) is 0 Å². The lowest BCUT2D eigenvalue weighted by Gasteiger charge is -2.35. The van der Waals surface area contributed by atoms with E-state index in [0.29, 0.717) is 25.4 Å². The van der Waals surface area contributed by atoms with Gasteiger partial charge in [0.1, 0.15) is 12.4 Å². The summed E-state index contributed by atoms with van der Waals surface area (Å²) in [7, 11) is 0. The van der Waals surface area contributed by atoms with Gasteiger partial charge in [0.25, 0.3) is 0 Å². The molecule has 1 aromatic carbocycles. The molecule has 0 aliphatic carbocycles. The maximum atomic E-state index is 5.92. The largest absolute Gasteiger partial charge is 0.491 e. The number of ether oxygens (including phenoxy) is 3. The van der Waals surface area contributed by atoms with Crippen molar-refractivity contribution in [3.05, 3.63) is 28.8 Å². The Morgan fingerprint density at radius 1 is 1.00 bits per heavy atom. The van der Waals surface area contributed by atoms with Gasteiger partial charge in [-0.15, -0.1) is 0 Å². The fourth-order valence-corrected chi connectivity index (χ4v) is 3.11. The minimum absolute atomic E-state index is 0.314. The molecule has 1 aromatic rings. The summed E-state index contributed by atoms with van der Waals surface area (Å²) >= 11 is 0. The highest BCUT2D eigenvalue weighted by Gasteiger charge is 2.21. The van der Waals surface area contributed by atoms with Crippen molar-refractivity contribution in [3.8, 4) is 5.75 Å². The molecule has 0 unspecified atom stereocenters. The number of aryl methyl sites for hydroxylation is 2. The zero-order valence-corrected chi connectivity index (χ0v) is 15.2. The van der Waals surface area contributed by atoms with Crippen LogP contribution < -0.4 is 4.74 Å². The van der Waals surface area contributed by atoms with Crippen LogP contribution in [0.5, 0.6) is 5.75 Å². The Hall–Kier alpha value is -1.10. The topological polar surface area (TPSA) is 30.9 Å². The molecular formula is C19H31NO3. The summed E-state index contributed by atoms with van der Waals surface area (Å²) < 4.78 is 17.4. The Morgan fingerprint density at radius 2 is 1.65 bits per heavy atom. The smallest absolute Gasteiger partial charge is 0.125 e. The predicted octanol–water partition coefficient (Wildman–Crippen LogP) is 3.12. The highest BCUT2D eigenvalue weighted by atomic mass is 16.5. The van der Waals surface area contributed by atoms with Crippen molar-refractivity contribution >= 4 is 0 Å². The van der Waals surface area contributed by atoms with Gasteiger partial charge in [-0.2, -0.15) is 0 Å². The molecule has 23 heavy (non-hydrogen) atoms. The first-order valence-electron chi connectivity index (χ1n) is 8.62. The minimum atomic E-state index is 0.314. The standard InChI is InChI=1S/C19H31NO3/c1-14-6-7-15(2)19(18(14)5)22-11-10-21-9-8-20-12-16(3)23-17(4)13-20/h6-7,16-17H,8-13H2,1-5H3/t16-,17+. The van der Waals surface area contributed by atoms with Crippen LogP contribution in [0.3, 0.4) is 0 Å². The number of hydrogen-bond acceptors (Lipinski definition) is 4. The highest BCUT2D eigenvalue weighted by molar-refractivity contribution is 5.44. The van der Waals surface area contributed by atoms with E-state index in [9.17, 15) is 0 Å². The van der Waals surface area contributed by atoms with Crippen LogP contribution in [0.25, 0.3) is 0 Å². The second-order valence-corrected chi connectivity index (χ2v) is 6.63. The molecule has 1 saturated heterocycles. The molecule has 0 amide bonds. The zero-order chi connectivity index (χ0) is 16.8. The second kappa shape index (κ2) is 8.67. The summed E-state index contributed by atoms with van der Waals surface area (Å²) in [6, 6.07) is 4.25. The molecule has 0 aromatic heterocycles. The quantitative estimate of drug-likeness (QED) is 0.722. The van der Waals surface area contributed by atoms with E-state index in [1.165, 1.54) is 16.7 Å². The molecule has 0 N–H and O–H groups in total. The van der Waals surface area contributed by atoms with Gasteiger partial charge in [-0.05, 0) is 51.3 Å². The van der Waals surface area contributed by atoms with Crippen LogP contribution in [0.15, 0.2) is 12.1 Å². The van der Waals surface area contributed by atoms with Crippen molar-refractivity contribution in [2.75, 3.05) is 39.5 Å². The van der Waals surface area contributed by atoms with E-state index in [4.69, 9.17) is 14.2 Å². The Kier molecular flexibility index (Phi) is 6.88. The summed E-state index contributed by atoms with van der Waals surface area (Å²) in [5.74, 6) is 1.00. The van der Waals surface area contributed by atoms with Crippen molar-refractivity contribution in [3.63, 3.8) is 0 Å². The Balaban J connectivity index is 1.64. The van der Waals surface area contributed by atoms with Crippen LogP contribution in [0.1, 0.15) is 30.5 Å². The lowest BCUT2D eigenvalue weighted by Crippen LogP contribution is -2.46. The van der Waals surface area contributed by atoms with E-state index in [1.54, 1.807) is 0 Å². The molecule has 2 rings (SSSR count). The molecule has 4 nitrogen and oxygen atoms in total. The summed E-state index contributed by atoms with van der Waals surface area (Å²) in [6.45, 7) is 15.5. The first-order chi connectivity index (χ1) is 11.0. The maximum Gasteiger partial charge on any atom is 0.125 e. The molecule has 1 heterocycles. The van der Waals surface area contributed by atoms with Crippen molar-refractivity contribution in [2.45, 2.75) is 46.8 Å². The average molecular weight is 321 g/mol. The number of morpholine rings is 1. The SMILES string of the molecule is Cc1ccc(C)c(OCCOCCN2C[C@@H](C)O[C@@H](C)C2)c1C. The summed E-state index contributed by atoms with van der Waals surface area (Å²) in [5.41, 5.74) is 3.67. The van der Waals surface area contributed by atoms with E-state index in [1.807, 2.05) is 0 Å². The third-order valence-electron chi connectivity index (χ3n) is 4.39. The molecule has 1 fully saturated rings. The minimum Gasteiger partial charge on any atom is -0.491 e. The maximum absolute atomic E-state index is 5.92. The third-order valence-corrected chi connectivity index (χ3v) is 4.39. The molecule has 4 heteroatoms. The zero-order valence-electron chi connectivity index (χ0n) is 15.2. The van der Waals surface area contributed by atoms with Crippen molar-refractivity contribution in [1.82, 2.24) is 4.90 Å². The second-order valence-electron chi connectivity index (χ2n) is 6.63. The Bertz CT molecular complexity index is 494. The van der Waals surface area contributed by atoms with E-state index in [2.05, 4.69) is 51.7 Å². The molecule has 0 bridgehead atoms. The Labute approximate surface area is 140 Å². The van der Waals surface area contributed by atoms with Crippen LogP contribution in [-0.4, -0.2) is 56.6 Å². The molecule has 2 atom stereocenters. The number of hydrogen-bond donors (Lipinski definition) is 0. The van der Waals surface area contributed by atoms with Crippen LogP contribution >= 0.6 is 0 Å². The normalized spacial score (nSPS) is 22.3. The van der Waals surface area contributed by atoms with E-state index < -0.39 is 0 Å². The lowest BCUT2D eigenvalue weighted by molar-refractivity contribution is -0.0734. The number of benzene rings is 1. The molecule has 1 aliphatic heterocycles. The Morgan fingerprint density at radius 3 is 2.35 bits per heavy atom. The first-order valence-corrected chi connectivity index (χ1v) is 8.62. The van der Waals surface area contributed by atoms with Gasteiger partial charge < -0.3 is 14.2 Å². The van der Waals surface area contributed by atoms with Gasteiger partial charge >= 0.3 is 0 Å². The van der Waals surface area contributed by atoms with E-state index in [-0.39, 0.29) is 0 Å². The fourth-order valence-electron chi connectivity index (χ4n) is 3.11. The summed E-state index contributed by atoms with van der Waals surface area (Å²) in [5, 5.41) is 0. The van der Waals surface area contributed by atoms with Crippen molar-refractivity contribution in [2.24, 2.45) is 0 Å². The van der Waals surface area contributed by atoms with Crippen LogP contribution in [0, 0.1) is 20.8 Å². The van der Waals surface area contributed by atoms with Gasteiger partial charge in [-0.1, -0.05) is 12.1 Å². The number of nitrogens with zero attached hydrogens (tertiary/aromatic N) is 1. The van der Waals surface area contributed by atoms with E-state index >= 15 is 0 Å². The van der Waals surface area contributed by atoms with Gasteiger partial charge in [0.05, 0.1) is 25.4 Å². The van der Waals surface area contributed by atoms with E-state index in [0.717, 1.165) is 32.0 Å². The average Bonchev–Trinajstić information content (AvgIpc) is 2.48. The number of rotatable bonds is 7. The van der Waals surface area contributed by atoms with Crippen LogP contribution in [0.4, 0.5) is 0 Å². The molecule has 1 aliphatic rings. The molecule has 130 valence electrons. The van der Waals surface area contributed by atoms with Gasteiger partial charge in [-0.3, -0.25) is 4.90 Å². The highest BCUT2D eigenvalue weighted by Crippen LogP contribution is 2.25. The van der Waals surface area contributed by atoms with Crippen molar-refractivity contribution < 1.29 is 14.2 Å². The monoisotopic (exact) mass is 321 g/mol. The molecule has 0 saturated carbocycles. The van der Waals surface area contributed by atoms with Gasteiger partial charge in [0, 0.05) is 19.6 Å². The predicted molar refractivity (Wildman–Crippen MR) is 93.4 cm³/mol. The molecule has 0 spiro atoms. The van der Waals surface area contributed by atoms with Crippen LogP contribution in [-0.2, 0) is 9.47 Å². The van der Waals surface area contributed by atoms with Crippen LogP contribution in [0.2, 0.25) is 0 Å². The summed E-state index contributed by atoms with van der Waals surface area (Å²) in [4.78, 5) is 2.41. The lowest BCUT2D eigenvalue weighted by atomic mass is 10.1. The summed E-state index contributed by atoms with van der Waals surface area (Å²) in [6.07, 6.45) is 0.628. The molecule has 0 radical (unpaired) electrons. The first kappa shape index (κ1) is 18.2. The van der Waals surface area contributed by atoms with Crippen molar-refractivity contribution in [1.29, 1.82) is 0 Å². The van der Waals surface area contributed by atoms with Gasteiger partial charge in [-0.25, -0.2) is 0 Å². The molecular weight excluding hydrogens is 290 g/mol. The fraction of sp³-hybridized carbons (Fsp3) is 0.684. The third kappa shape index (κ3) is 5.48. The van der Waals surface area contributed by atoms with Gasteiger partial charge in [0.15, 0.2) is 0 Å².